The molecule has 0 fully saturated rings. The number of fused-ring (bicyclic) bond motifs is 2. The molecular formula is C27H29N7O3. The number of carbonyl (C=O) groups is 1. The van der Waals surface area contributed by atoms with E-state index in [1.807, 2.05) is 35.7 Å². The molecule has 0 amide bonds. The zero-order valence-corrected chi connectivity index (χ0v) is 20.8. The molecule has 0 radical (unpaired) electrons. The molecule has 0 aliphatic carbocycles. The second kappa shape index (κ2) is 9.55. The van der Waals surface area contributed by atoms with Gasteiger partial charge in [-0.15, -0.1) is 0 Å². The molecule has 190 valence electrons. The normalized spacial score (nSPS) is 12.9. The number of carboxylic acids is 1. The van der Waals surface area contributed by atoms with E-state index in [0.717, 1.165) is 40.9 Å². The first kappa shape index (κ1) is 24.3. The van der Waals surface area contributed by atoms with Crippen LogP contribution >= 0.6 is 0 Å². The first-order chi connectivity index (χ1) is 17.7. The molecule has 0 saturated carbocycles. The molecule has 10 heteroatoms. The molecule has 37 heavy (non-hydrogen) atoms. The number of nitrogen functional groups attached to an aromatic ring is 2. The van der Waals surface area contributed by atoms with Crippen molar-refractivity contribution in [3.05, 3.63) is 75.7 Å². The highest BCUT2D eigenvalue weighted by atomic mass is 16.4. The van der Waals surface area contributed by atoms with Gasteiger partial charge in [0, 0.05) is 55.2 Å². The van der Waals surface area contributed by atoms with Crippen LogP contribution in [0.15, 0.2) is 53.6 Å². The van der Waals surface area contributed by atoms with Crippen molar-refractivity contribution in [1.82, 2.24) is 19.4 Å². The number of rotatable bonds is 7. The Balaban J connectivity index is 1.50. The fraction of sp³-hybridized carbons (Fsp3) is 0.259. The quantitative estimate of drug-likeness (QED) is 0.349. The molecular weight excluding hydrogens is 470 g/mol. The zero-order valence-electron chi connectivity index (χ0n) is 20.8. The van der Waals surface area contributed by atoms with Crippen molar-refractivity contribution < 1.29 is 9.90 Å². The molecule has 0 bridgehead atoms. The molecule has 5 N–H and O–H groups in total. The average molecular weight is 500 g/mol. The van der Waals surface area contributed by atoms with Gasteiger partial charge in [-0.2, -0.15) is 4.98 Å². The van der Waals surface area contributed by atoms with Crippen LogP contribution in [0.3, 0.4) is 0 Å². The summed E-state index contributed by atoms with van der Waals surface area (Å²) < 4.78 is 1.86. The Labute approximate surface area is 213 Å². The molecule has 0 spiro atoms. The summed E-state index contributed by atoms with van der Waals surface area (Å²) in [5.74, 6) is -0.667. The average Bonchev–Trinajstić information content (AvgIpc) is 3.26. The first-order valence-electron chi connectivity index (χ1n) is 12.0. The lowest BCUT2D eigenvalue weighted by atomic mass is 9.99. The van der Waals surface area contributed by atoms with Crippen LogP contribution in [-0.4, -0.2) is 57.7 Å². The van der Waals surface area contributed by atoms with Gasteiger partial charge in [-0.3, -0.25) is 4.79 Å². The lowest BCUT2D eigenvalue weighted by molar-refractivity contribution is 0.0694. The third-order valence-corrected chi connectivity index (χ3v) is 6.78. The SMILES string of the molecule is CN(C)CCn1cc(C(=O)O)c(=O)c2ccc(-c3ccc4c(c3)CCN4Cc3cnc(N)nc3N)cc21. The van der Waals surface area contributed by atoms with Gasteiger partial charge < -0.3 is 30.9 Å². The van der Waals surface area contributed by atoms with E-state index >= 15 is 0 Å². The maximum atomic E-state index is 12.9. The number of nitrogens with two attached hydrogens (primary N) is 2. The summed E-state index contributed by atoms with van der Waals surface area (Å²) in [5, 5.41) is 9.94. The molecule has 1 aliphatic heterocycles. The van der Waals surface area contributed by atoms with E-state index in [0.29, 0.717) is 30.8 Å². The van der Waals surface area contributed by atoms with Crippen LogP contribution < -0.4 is 21.8 Å². The van der Waals surface area contributed by atoms with E-state index in [1.54, 1.807) is 12.3 Å². The van der Waals surface area contributed by atoms with E-state index in [4.69, 9.17) is 11.5 Å². The van der Waals surface area contributed by atoms with Crippen LogP contribution in [0.2, 0.25) is 0 Å². The van der Waals surface area contributed by atoms with Gasteiger partial charge in [-0.05, 0) is 61.5 Å². The Morgan fingerprint density at radius 3 is 2.62 bits per heavy atom. The highest BCUT2D eigenvalue weighted by molar-refractivity contribution is 5.94. The van der Waals surface area contributed by atoms with Gasteiger partial charge in [0.15, 0.2) is 0 Å². The Morgan fingerprint density at radius 1 is 1.14 bits per heavy atom. The van der Waals surface area contributed by atoms with Gasteiger partial charge in [-0.25, -0.2) is 9.78 Å². The molecule has 0 saturated heterocycles. The lowest BCUT2D eigenvalue weighted by Crippen LogP contribution is -2.23. The van der Waals surface area contributed by atoms with Crippen LogP contribution in [0.1, 0.15) is 21.5 Å². The van der Waals surface area contributed by atoms with Crippen molar-refractivity contribution in [1.29, 1.82) is 0 Å². The molecule has 10 nitrogen and oxygen atoms in total. The molecule has 5 rings (SSSR count). The molecule has 2 aromatic carbocycles. The fourth-order valence-electron chi connectivity index (χ4n) is 4.79. The summed E-state index contributed by atoms with van der Waals surface area (Å²) in [6.45, 7) is 2.71. The van der Waals surface area contributed by atoms with Crippen LogP contribution in [0, 0.1) is 0 Å². The summed E-state index contributed by atoms with van der Waals surface area (Å²) in [6, 6.07) is 11.9. The van der Waals surface area contributed by atoms with Gasteiger partial charge in [0.25, 0.3) is 0 Å². The highest BCUT2D eigenvalue weighted by Gasteiger charge is 2.21. The standard InChI is InChI=1S/C27H29N7O3/c1-32(2)9-10-34-15-21(26(36)37)24(35)20-5-3-17(12-23(20)34)16-4-6-22-18(11-16)7-8-33(22)14-19-13-30-27(29)31-25(19)28/h3-6,11-13,15H,7-10,14H2,1-2H3,(H,36,37)(H4,28,29,30,31). The number of carboxylic acid groups (broad SMARTS) is 1. The van der Waals surface area contributed by atoms with Crippen molar-refractivity contribution in [3.63, 3.8) is 0 Å². The Bertz CT molecular complexity index is 1580. The molecule has 3 heterocycles. The van der Waals surface area contributed by atoms with Crippen LogP contribution in [0.25, 0.3) is 22.0 Å². The third-order valence-electron chi connectivity index (χ3n) is 6.78. The number of benzene rings is 2. The highest BCUT2D eigenvalue weighted by Crippen LogP contribution is 2.34. The maximum absolute atomic E-state index is 12.9. The second-order valence-corrected chi connectivity index (χ2v) is 9.56. The number of nitrogens with zero attached hydrogens (tertiary/aromatic N) is 5. The van der Waals surface area contributed by atoms with Gasteiger partial charge in [-0.1, -0.05) is 12.1 Å². The largest absolute Gasteiger partial charge is 0.477 e. The van der Waals surface area contributed by atoms with Crippen LogP contribution in [-0.2, 0) is 19.5 Å². The van der Waals surface area contributed by atoms with E-state index < -0.39 is 11.4 Å². The summed E-state index contributed by atoms with van der Waals surface area (Å²) in [7, 11) is 3.91. The molecule has 0 unspecified atom stereocenters. The third kappa shape index (κ3) is 4.70. The molecule has 1 aliphatic rings. The number of aromatic carboxylic acids is 1. The van der Waals surface area contributed by atoms with Crippen LogP contribution in [0.5, 0.6) is 0 Å². The minimum absolute atomic E-state index is 0.161. The fourth-order valence-corrected chi connectivity index (χ4v) is 4.79. The van der Waals surface area contributed by atoms with E-state index in [9.17, 15) is 14.7 Å². The van der Waals surface area contributed by atoms with E-state index in [1.165, 1.54) is 11.8 Å². The number of pyridine rings is 1. The smallest absolute Gasteiger partial charge is 0.341 e. The number of anilines is 3. The van der Waals surface area contributed by atoms with Gasteiger partial charge >= 0.3 is 5.97 Å². The molecule has 0 atom stereocenters. The summed E-state index contributed by atoms with van der Waals surface area (Å²) in [4.78, 5) is 36.9. The van der Waals surface area contributed by atoms with E-state index in [-0.39, 0.29) is 11.5 Å². The Hall–Kier alpha value is -4.44. The Morgan fingerprint density at radius 2 is 1.89 bits per heavy atom. The number of likely N-dealkylation sites (N-methyl/N-ethyl adjacent to an activating group) is 1. The predicted molar refractivity (Wildman–Crippen MR) is 145 cm³/mol. The van der Waals surface area contributed by atoms with Crippen molar-refractivity contribution >= 4 is 34.3 Å². The molecule has 2 aromatic heterocycles. The lowest BCUT2D eigenvalue weighted by Gasteiger charge is -2.20. The van der Waals surface area contributed by atoms with Gasteiger partial charge in [0.05, 0.1) is 5.52 Å². The second-order valence-electron chi connectivity index (χ2n) is 9.56. The minimum atomic E-state index is -1.22. The summed E-state index contributed by atoms with van der Waals surface area (Å²) in [5.41, 5.74) is 16.9. The predicted octanol–water partition coefficient (Wildman–Crippen LogP) is 2.45. The van der Waals surface area contributed by atoms with Gasteiger partial charge in [0.1, 0.15) is 11.4 Å². The Kier molecular flexibility index (Phi) is 6.26. The van der Waals surface area contributed by atoms with E-state index in [2.05, 4.69) is 33.1 Å². The maximum Gasteiger partial charge on any atom is 0.341 e. The monoisotopic (exact) mass is 499 g/mol. The van der Waals surface area contributed by atoms with Crippen molar-refractivity contribution in [2.75, 3.05) is 43.6 Å². The van der Waals surface area contributed by atoms with Crippen molar-refractivity contribution in [2.24, 2.45) is 0 Å². The summed E-state index contributed by atoms with van der Waals surface area (Å²) >= 11 is 0. The minimum Gasteiger partial charge on any atom is -0.477 e. The number of aromatic nitrogens is 3. The first-order valence-corrected chi connectivity index (χ1v) is 12.0. The number of hydrogen-bond acceptors (Lipinski definition) is 8. The number of hydrogen-bond donors (Lipinski definition) is 3. The topological polar surface area (TPSA) is 144 Å². The zero-order chi connectivity index (χ0) is 26.3. The molecule has 4 aromatic rings. The van der Waals surface area contributed by atoms with Crippen molar-refractivity contribution in [2.45, 2.75) is 19.5 Å². The van der Waals surface area contributed by atoms with Gasteiger partial charge in [0.2, 0.25) is 11.4 Å². The summed E-state index contributed by atoms with van der Waals surface area (Å²) in [6.07, 6.45) is 4.01. The van der Waals surface area contributed by atoms with Crippen LogP contribution in [0.4, 0.5) is 17.5 Å². The van der Waals surface area contributed by atoms with Crippen molar-refractivity contribution in [3.8, 4) is 11.1 Å².